The molecule has 0 unspecified atom stereocenters. The Bertz CT molecular complexity index is 360. The van der Waals surface area contributed by atoms with Crippen LogP contribution in [-0.2, 0) is 9.53 Å². The van der Waals surface area contributed by atoms with Gasteiger partial charge in [0, 0.05) is 4.91 Å². The molecule has 112 valence electrons. The van der Waals surface area contributed by atoms with Crippen molar-refractivity contribution < 1.29 is 9.53 Å². The maximum atomic E-state index is 11.4. The molecule has 0 aromatic heterocycles. The Kier molecular flexibility index (Phi) is 7.73. The highest BCUT2D eigenvalue weighted by atomic mass is 16.6. The summed E-state index contributed by atoms with van der Waals surface area (Å²) in [5, 5.41) is 10.1. The van der Waals surface area contributed by atoms with Crippen molar-refractivity contribution in [2.24, 2.45) is 5.11 Å². The van der Waals surface area contributed by atoms with E-state index in [9.17, 15) is 4.79 Å². The van der Waals surface area contributed by atoms with Crippen molar-refractivity contribution in [3.8, 4) is 0 Å². The number of ether oxygens (including phenoxy) is 1. The van der Waals surface area contributed by atoms with E-state index in [0.29, 0.717) is 0 Å². The van der Waals surface area contributed by atoms with E-state index in [1.807, 2.05) is 0 Å². The van der Waals surface area contributed by atoms with Crippen LogP contribution in [0, 0.1) is 5.41 Å². The molecule has 0 amide bonds. The molecule has 1 rings (SSSR count). The van der Waals surface area contributed by atoms with Crippen LogP contribution in [0.1, 0.15) is 64.2 Å². The number of hydrogen-bond donors (Lipinski definition) is 1. The van der Waals surface area contributed by atoms with E-state index < -0.39 is 5.97 Å². The summed E-state index contributed by atoms with van der Waals surface area (Å²) in [5.74, 6) is -0.410. The normalized spacial score (nSPS) is 15.2. The van der Waals surface area contributed by atoms with E-state index in [2.05, 4.69) is 10.0 Å². The quantitative estimate of drug-likeness (QED) is 0.145. The minimum Gasteiger partial charge on any atom is -0.459 e. The minimum absolute atomic E-state index is 0.203. The Morgan fingerprint density at radius 3 is 2.50 bits per heavy atom. The first-order valence-electron chi connectivity index (χ1n) is 7.44. The molecule has 0 aromatic rings. The molecule has 20 heavy (non-hydrogen) atoms. The van der Waals surface area contributed by atoms with Gasteiger partial charge in [0.05, 0.1) is 0 Å². The van der Waals surface area contributed by atoms with E-state index in [1.165, 1.54) is 31.9 Å². The van der Waals surface area contributed by atoms with Crippen LogP contribution in [-0.4, -0.2) is 24.3 Å². The van der Waals surface area contributed by atoms with Gasteiger partial charge in [0.1, 0.15) is 12.1 Å². The summed E-state index contributed by atoms with van der Waals surface area (Å²) in [6.45, 7) is -0.203. The summed E-state index contributed by atoms with van der Waals surface area (Å²) in [6.07, 6.45) is 12.2. The van der Waals surface area contributed by atoms with Crippen LogP contribution in [0.2, 0.25) is 0 Å². The Balaban J connectivity index is 2.02. The maximum absolute atomic E-state index is 11.4. The molecule has 0 radical (unpaired) electrons. The number of carbonyl (C=O) groups is 1. The van der Waals surface area contributed by atoms with E-state index in [-0.39, 0.29) is 12.1 Å². The van der Waals surface area contributed by atoms with Gasteiger partial charge in [-0.2, -0.15) is 0 Å². The average molecular weight is 280 g/mol. The monoisotopic (exact) mass is 280 g/mol. The SMILES string of the molecule is [N-]=[N+]=NCC(=O)OC1(CCCCCCCCC=N)CC1. The molecule has 6 heteroatoms. The zero-order valence-electron chi connectivity index (χ0n) is 12.0. The fourth-order valence-electron chi connectivity index (χ4n) is 2.31. The average Bonchev–Trinajstić information content (AvgIpc) is 3.19. The fraction of sp³-hybridized carbons (Fsp3) is 0.857. The highest BCUT2D eigenvalue weighted by Gasteiger charge is 2.45. The molecule has 1 aliphatic carbocycles. The number of azide groups is 1. The van der Waals surface area contributed by atoms with Crippen LogP contribution in [0.5, 0.6) is 0 Å². The molecule has 6 nitrogen and oxygen atoms in total. The molecule has 1 saturated carbocycles. The number of hydrogen-bond acceptors (Lipinski definition) is 4. The lowest BCUT2D eigenvalue weighted by atomic mass is 10.1. The third kappa shape index (κ3) is 7.14. The summed E-state index contributed by atoms with van der Waals surface area (Å²) < 4.78 is 5.38. The van der Waals surface area contributed by atoms with Crippen LogP contribution < -0.4 is 0 Å². The van der Waals surface area contributed by atoms with Crippen LogP contribution in [0.4, 0.5) is 0 Å². The number of unbranched alkanes of at least 4 members (excludes halogenated alkanes) is 6. The van der Waals surface area contributed by atoms with E-state index in [4.69, 9.17) is 15.7 Å². The lowest BCUT2D eigenvalue weighted by Crippen LogP contribution is -2.21. The molecule has 1 aliphatic rings. The van der Waals surface area contributed by atoms with Crippen LogP contribution in [0.15, 0.2) is 5.11 Å². The molecule has 1 fully saturated rings. The van der Waals surface area contributed by atoms with Crippen molar-refractivity contribution in [1.29, 1.82) is 5.41 Å². The van der Waals surface area contributed by atoms with Gasteiger partial charge in [0.15, 0.2) is 0 Å². The van der Waals surface area contributed by atoms with Gasteiger partial charge in [0.25, 0.3) is 0 Å². The Hall–Kier alpha value is -1.55. The van der Waals surface area contributed by atoms with Crippen molar-refractivity contribution >= 4 is 12.2 Å². The van der Waals surface area contributed by atoms with Crippen molar-refractivity contribution in [2.75, 3.05) is 6.54 Å². The summed E-state index contributed by atoms with van der Waals surface area (Å²) in [5.41, 5.74) is 7.90. The zero-order chi connectivity index (χ0) is 14.7. The zero-order valence-corrected chi connectivity index (χ0v) is 12.0. The first kappa shape index (κ1) is 16.5. The first-order valence-corrected chi connectivity index (χ1v) is 7.44. The van der Waals surface area contributed by atoms with Crippen molar-refractivity contribution in [2.45, 2.75) is 69.8 Å². The number of esters is 1. The van der Waals surface area contributed by atoms with Crippen molar-refractivity contribution in [3.05, 3.63) is 10.4 Å². The molecule has 0 spiro atoms. The van der Waals surface area contributed by atoms with Gasteiger partial charge in [-0.25, -0.2) is 0 Å². The number of rotatable bonds is 12. The molecular formula is C14H24N4O2. The molecular weight excluding hydrogens is 256 g/mol. The molecule has 0 bridgehead atoms. The predicted molar refractivity (Wildman–Crippen MR) is 77.8 cm³/mol. The standard InChI is InChI=1S/C14H24N4O2/c15-11-7-5-3-1-2-4-6-8-14(9-10-14)20-13(19)12-17-18-16/h11,15H,1-10,12H2. The largest absolute Gasteiger partial charge is 0.459 e. The molecule has 0 saturated heterocycles. The fourth-order valence-corrected chi connectivity index (χ4v) is 2.31. The summed E-state index contributed by atoms with van der Waals surface area (Å²) in [6, 6.07) is 0. The Morgan fingerprint density at radius 2 is 1.90 bits per heavy atom. The van der Waals surface area contributed by atoms with Gasteiger partial charge in [-0.1, -0.05) is 30.8 Å². The second-order valence-corrected chi connectivity index (χ2v) is 5.41. The smallest absolute Gasteiger partial charge is 0.312 e. The highest BCUT2D eigenvalue weighted by molar-refractivity contribution is 5.72. The Morgan fingerprint density at radius 1 is 1.25 bits per heavy atom. The number of nitrogens with one attached hydrogen (secondary N) is 1. The predicted octanol–water partition coefficient (Wildman–Crippen LogP) is 4.14. The summed E-state index contributed by atoms with van der Waals surface area (Å²) in [4.78, 5) is 13.9. The molecule has 0 atom stereocenters. The summed E-state index contributed by atoms with van der Waals surface area (Å²) in [7, 11) is 0. The van der Waals surface area contributed by atoms with Crippen LogP contribution >= 0.6 is 0 Å². The van der Waals surface area contributed by atoms with Crippen molar-refractivity contribution in [1.82, 2.24) is 0 Å². The summed E-state index contributed by atoms with van der Waals surface area (Å²) >= 11 is 0. The first-order chi connectivity index (χ1) is 9.72. The second-order valence-electron chi connectivity index (χ2n) is 5.41. The second kappa shape index (κ2) is 9.37. The molecule has 1 N–H and O–H groups in total. The highest BCUT2D eigenvalue weighted by Crippen LogP contribution is 2.44. The lowest BCUT2D eigenvalue weighted by molar-refractivity contribution is -0.149. The molecule has 0 heterocycles. The Labute approximate surface area is 120 Å². The van der Waals surface area contributed by atoms with E-state index in [1.54, 1.807) is 0 Å². The molecule has 0 aliphatic heterocycles. The van der Waals surface area contributed by atoms with Crippen LogP contribution in [0.25, 0.3) is 10.4 Å². The molecule has 0 aromatic carbocycles. The van der Waals surface area contributed by atoms with Gasteiger partial charge >= 0.3 is 5.97 Å². The topological polar surface area (TPSA) is 98.9 Å². The third-order valence-electron chi connectivity index (χ3n) is 3.63. The van der Waals surface area contributed by atoms with Gasteiger partial charge < -0.3 is 10.1 Å². The van der Waals surface area contributed by atoms with Gasteiger partial charge in [0.2, 0.25) is 0 Å². The third-order valence-corrected chi connectivity index (χ3v) is 3.63. The van der Waals surface area contributed by atoms with Crippen molar-refractivity contribution in [3.63, 3.8) is 0 Å². The lowest BCUT2D eigenvalue weighted by Gasteiger charge is -2.15. The van der Waals surface area contributed by atoms with E-state index >= 15 is 0 Å². The maximum Gasteiger partial charge on any atom is 0.312 e. The van der Waals surface area contributed by atoms with E-state index in [0.717, 1.165) is 38.5 Å². The van der Waals surface area contributed by atoms with Gasteiger partial charge in [-0.15, -0.1) is 0 Å². The number of nitrogens with zero attached hydrogens (tertiary/aromatic N) is 3. The minimum atomic E-state index is -0.410. The van der Waals surface area contributed by atoms with Gasteiger partial charge in [-0.05, 0) is 50.3 Å². The number of carbonyl (C=O) groups excluding carboxylic acids is 1. The van der Waals surface area contributed by atoms with Crippen LogP contribution in [0.3, 0.4) is 0 Å². The van der Waals surface area contributed by atoms with Gasteiger partial charge in [-0.3, -0.25) is 4.79 Å².